The van der Waals surface area contributed by atoms with Gasteiger partial charge in [-0.25, -0.2) is 0 Å². The molecule has 1 amide bonds. The fourth-order valence-electron chi connectivity index (χ4n) is 3.25. The lowest BCUT2D eigenvalue weighted by atomic mass is 10.0. The zero-order valence-corrected chi connectivity index (χ0v) is 15.1. The number of carbonyl (C=O) groups is 1. The minimum Gasteiger partial charge on any atom is -0.361 e. The van der Waals surface area contributed by atoms with Crippen molar-refractivity contribution >= 4 is 23.2 Å². The molecule has 0 unspecified atom stereocenters. The molecule has 1 aliphatic heterocycles. The average Bonchev–Trinajstić information content (AvgIpc) is 3.13. The zero-order valence-electron chi connectivity index (χ0n) is 14.3. The minimum atomic E-state index is -4.55. The van der Waals surface area contributed by atoms with Crippen LogP contribution in [0.4, 0.5) is 18.9 Å². The topological polar surface area (TPSA) is 61.0 Å². The zero-order chi connectivity index (χ0) is 19.9. The van der Waals surface area contributed by atoms with E-state index in [1.807, 2.05) is 0 Å². The Morgan fingerprint density at radius 2 is 1.82 bits per heavy atom. The van der Waals surface area contributed by atoms with Crippen molar-refractivity contribution < 1.29 is 18.0 Å². The molecule has 2 heterocycles. The summed E-state index contributed by atoms with van der Waals surface area (Å²) in [5, 5.41) is 10.4. The highest BCUT2D eigenvalue weighted by Crippen LogP contribution is 2.38. The Balaban J connectivity index is 1.80. The second-order valence-corrected chi connectivity index (χ2v) is 6.78. The number of H-pyrrole nitrogens is 1. The van der Waals surface area contributed by atoms with E-state index in [1.54, 1.807) is 42.5 Å². The summed E-state index contributed by atoms with van der Waals surface area (Å²) in [5.74, 6) is -0.695. The second kappa shape index (κ2) is 6.87. The molecule has 2 N–H and O–H groups in total. The van der Waals surface area contributed by atoms with Gasteiger partial charge in [0.15, 0.2) is 0 Å². The van der Waals surface area contributed by atoms with Crippen LogP contribution in [0.5, 0.6) is 0 Å². The van der Waals surface area contributed by atoms with E-state index >= 15 is 0 Å². The molecule has 0 bridgehead atoms. The highest BCUT2D eigenvalue weighted by molar-refractivity contribution is 6.30. The molecule has 2 aromatic carbocycles. The first kappa shape index (κ1) is 18.4. The van der Waals surface area contributed by atoms with Crippen molar-refractivity contribution in [3.05, 3.63) is 70.9 Å². The van der Waals surface area contributed by atoms with Gasteiger partial charge in [0.05, 0.1) is 17.5 Å². The maximum Gasteiger partial charge on any atom is 0.406 e. The van der Waals surface area contributed by atoms with Crippen LogP contribution in [0, 0.1) is 0 Å². The number of nitrogens with one attached hydrogen (secondary N) is 2. The number of rotatable bonds is 3. The van der Waals surface area contributed by atoms with Crippen LogP contribution < -0.4 is 5.32 Å². The van der Waals surface area contributed by atoms with Gasteiger partial charge >= 0.3 is 6.18 Å². The molecule has 5 nitrogen and oxygen atoms in total. The molecule has 1 aromatic heterocycles. The fourth-order valence-corrected chi connectivity index (χ4v) is 3.37. The van der Waals surface area contributed by atoms with E-state index in [0.717, 1.165) is 4.90 Å². The van der Waals surface area contributed by atoms with Crippen molar-refractivity contribution in [1.82, 2.24) is 15.1 Å². The Morgan fingerprint density at radius 3 is 2.54 bits per heavy atom. The molecule has 1 aliphatic rings. The normalized spacial score (nSPS) is 16.6. The first-order chi connectivity index (χ1) is 13.3. The molecule has 4 rings (SSSR count). The van der Waals surface area contributed by atoms with Gasteiger partial charge in [-0.3, -0.25) is 9.89 Å². The van der Waals surface area contributed by atoms with Gasteiger partial charge in [0.1, 0.15) is 12.7 Å². The molecule has 0 aliphatic carbocycles. The van der Waals surface area contributed by atoms with Crippen LogP contribution in [-0.4, -0.2) is 33.7 Å². The van der Waals surface area contributed by atoms with Gasteiger partial charge in [0.2, 0.25) is 0 Å². The number of halogens is 4. The van der Waals surface area contributed by atoms with Crippen LogP contribution in [0.1, 0.15) is 22.1 Å². The van der Waals surface area contributed by atoms with E-state index in [4.69, 9.17) is 11.6 Å². The van der Waals surface area contributed by atoms with Crippen molar-refractivity contribution in [2.75, 3.05) is 11.9 Å². The molecule has 0 saturated carbocycles. The van der Waals surface area contributed by atoms with Gasteiger partial charge in [-0.15, -0.1) is 0 Å². The van der Waals surface area contributed by atoms with E-state index in [-0.39, 0.29) is 5.56 Å². The number of hydrogen-bond acceptors (Lipinski definition) is 3. The minimum absolute atomic E-state index is 0.194. The molecule has 0 saturated heterocycles. The van der Waals surface area contributed by atoms with Gasteiger partial charge in [-0.1, -0.05) is 35.9 Å². The number of para-hydroxylation sites is 1. The number of aromatic nitrogens is 2. The van der Waals surface area contributed by atoms with Crippen LogP contribution in [-0.2, 0) is 0 Å². The van der Waals surface area contributed by atoms with Crippen molar-refractivity contribution in [2.45, 2.75) is 12.3 Å². The van der Waals surface area contributed by atoms with Crippen LogP contribution in [0.15, 0.2) is 54.7 Å². The maximum absolute atomic E-state index is 13.2. The van der Waals surface area contributed by atoms with Gasteiger partial charge < -0.3 is 10.2 Å². The van der Waals surface area contributed by atoms with Crippen molar-refractivity contribution in [3.63, 3.8) is 0 Å². The van der Waals surface area contributed by atoms with Gasteiger partial charge in [-0.05, 0) is 24.3 Å². The quantitative estimate of drug-likeness (QED) is 0.653. The summed E-state index contributed by atoms with van der Waals surface area (Å²) < 4.78 is 39.6. The molecule has 0 fully saturated rings. The summed E-state index contributed by atoms with van der Waals surface area (Å²) in [4.78, 5) is 13.6. The molecule has 144 valence electrons. The van der Waals surface area contributed by atoms with Crippen LogP contribution >= 0.6 is 11.6 Å². The number of benzene rings is 2. The monoisotopic (exact) mass is 406 g/mol. The predicted molar refractivity (Wildman–Crippen MR) is 98.9 cm³/mol. The van der Waals surface area contributed by atoms with Crippen LogP contribution in [0.2, 0.25) is 5.02 Å². The van der Waals surface area contributed by atoms with E-state index in [9.17, 15) is 18.0 Å². The second-order valence-electron chi connectivity index (χ2n) is 6.35. The molecule has 1 atom stereocenters. The number of hydrogen-bond donors (Lipinski definition) is 2. The fraction of sp³-hybridized carbons (Fsp3) is 0.158. The summed E-state index contributed by atoms with van der Waals surface area (Å²) in [6, 6.07) is 13.3. The number of fused-ring (bicyclic) bond motifs is 1. The van der Waals surface area contributed by atoms with E-state index in [2.05, 4.69) is 15.5 Å². The SMILES string of the molecule is O=C1c2ccccc2N[C@H](c2cn[nH]c2-c2ccc(Cl)cc2)N1CC(F)(F)F. The third-order valence-corrected chi connectivity index (χ3v) is 4.72. The first-order valence-corrected chi connectivity index (χ1v) is 8.74. The highest BCUT2D eigenvalue weighted by Gasteiger charge is 2.41. The number of nitrogens with zero attached hydrogens (tertiary/aromatic N) is 2. The van der Waals surface area contributed by atoms with Crippen molar-refractivity contribution in [2.24, 2.45) is 0 Å². The Hall–Kier alpha value is -3.00. The maximum atomic E-state index is 13.2. The van der Waals surface area contributed by atoms with E-state index in [0.29, 0.717) is 27.5 Å². The third kappa shape index (κ3) is 3.43. The molecule has 28 heavy (non-hydrogen) atoms. The van der Waals surface area contributed by atoms with Gasteiger partial charge in [-0.2, -0.15) is 18.3 Å². The Morgan fingerprint density at radius 1 is 1.11 bits per heavy atom. The largest absolute Gasteiger partial charge is 0.406 e. The first-order valence-electron chi connectivity index (χ1n) is 8.36. The summed E-state index contributed by atoms with van der Waals surface area (Å²) >= 11 is 5.92. The Bertz CT molecular complexity index is 1020. The Labute approximate surface area is 163 Å². The summed E-state index contributed by atoms with van der Waals surface area (Å²) in [5.41, 5.74) is 2.29. The number of aromatic amines is 1. The number of alkyl halides is 3. The van der Waals surface area contributed by atoms with Gasteiger partial charge in [0, 0.05) is 21.8 Å². The van der Waals surface area contributed by atoms with Crippen LogP contribution in [0.3, 0.4) is 0 Å². The number of anilines is 1. The standard InChI is InChI=1S/C19H14ClF3N4O/c20-12-7-5-11(6-8-12)16-14(9-24-26-16)17-25-15-4-2-1-3-13(15)18(28)27(17)10-19(21,22)23/h1-9,17,25H,10H2,(H,24,26)/t17-/m0/s1. The molecule has 0 radical (unpaired) electrons. The van der Waals surface area contributed by atoms with Gasteiger partial charge in [0.25, 0.3) is 5.91 Å². The third-order valence-electron chi connectivity index (χ3n) is 4.47. The molecule has 3 aromatic rings. The number of amides is 1. The predicted octanol–water partition coefficient (Wildman–Crippen LogP) is 4.86. The average molecular weight is 407 g/mol. The van der Waals surface area contributed by atoms with E-state index in [1.165, 1.54) is 12.3 Å². The lowest BCUT2D eigenvalue weighted by Crippen LogP contribution is -2.47. The Kier molecular flexibility index (Phi) is 4.50. The molecule has 0 spiro atoms. The van der Waals surface area contributed by atoms with Crippen molar-refractivity contribution in [1.29, 1.82) is 0 Å². The smallest absolute Gasteiger partial charge is 0.361 e. The molecule has 9 heteroatoms. The summed E-state index contributed by atoms with van der Waals surface area (Å²) in [6.45, 7) is -1.39. The van der Waals surface area contributed by atoms with Crippen LogP contribution in [0.25, 0.3) is 11.3 Å². The van der Waals surface area contributed by atoms with E-state index < -0.39 is 24.8 Å². The number of carbonyl (C=O) groups excluding carboxylic acids is 1. The molecular formula is C19H14ClF3N4O. The summed E-state index contributed by atoms with van der Waals surface area (Å²) in [7, 11) is 0. The lowest BCUT2D eigenvalue weighted by molar-refractivity contribution is -0.144. The lowest BCUT2D eigenvalue weighted by Gasteiger charge is -2.38. The van der Waals surface area contributed by atoms with Crippen molar-refractivity contribution in [3.8, 4) is 11.3 Å². The molecular weight excluding hydrogens is 393 g/mol. The summed E-state index contributed by atoms with van der Waals surface area (Å²) in [6.07, 6.45) is -4.16. The highest BCUT2D eigenvalue weighted by atomic mass is 35.5.